The minimum atomic E-state index is -0.440. The summed E-state index contributed by atoms with van der Waals surface area (Å²) in [7, 11) is 3.55. The Kier molecular flexibility index (Phi) is 49.0. The van der Waals surface area contributed by atoms with Crippen molar-refractivity contribution in [2.24, 2.45) is 5.92 Å². The molecule has 9 heteroatoms. The van der Waals surface area contributed by atoms with E-state index < -0.39 is 10.9 Å². The van der Waals surface area contributed by atoms with E-state index in [1.807, 2.05) is 21.0 Å². The Morgan fingerprint density at radius 1 is 0.587 bits per heavy atom. The second-order valence-electron chi connectivity index (χ2n) is 18.0. The summed E-state index contributed by atoms with van der Waals surface area (Å²) < 4.78 is 11.1. The molecular weight excluding hydrogens is 787 g/mol. The number of aldehydes is 1. The average molecular weight is 892 g/mol. The molecule has 0 radical (unpaired) electrons. The monoisotopic (exact) mass is 892 g/mol. The van der Waals surface area contributed by atoms with Crippen molar-refractivity contribution in [2.45, 2.75) is 260 Å². The molecule has 0 bridgehead atoms. The lowest BCUT2D eigenvalue weighted by molar-refractivity contribution is -0.145. The van der Waals surface area contributed by atoms with Crippen LogP contribution in [0.25, 0.3) is 0 Å². The summed E-state index contributed by atoms with van der Waals surface area (Å²) in [6.45, 7) is 17.2. The second kappa shape index (κ2) is 49.2. The molecule has 1 unspecified atom stereocenters. The van der Waals surface area contributed by atoms with E-state index in [4.69, 9.17) is 9.47 Å². The van der Waals surface area contributed by atoms with E-state index in [0.717, 1.165) is 90.1 Å². The fourth-order valence-electron chi connectivity index (χ4n) is 8.05. The van der Waals surface area contributed by atoms with Gasteiger partial charge < -0.3 is 29.8 Å². The largest absolute Gasteiger partial charge is 0.465 e. The van der Waals surface area contributed by atoms with Crippen LogP contribution in [0.5, 0.6) is 0 Å². The number of hydrogen-bond donors (Lipinski definition) is 2. The maximum atomic E-state index is 12.1. The molecule has 0 aromatic heterocycles. The van der Waals surface area contributed by atoms with Crippen LogP contribution in [-0.2, 0) is 19.1 Å². The molecule has 0 saturated heterocycles. The first-order valence-electron chi connectivity index (χ1n) is 26.9. The Morgan fingerprint density at radius 3 is 1.51 bits per heavy atom. The molecule has 0 spiro atoms. The van der Waals surface area contributed by atoms with Crippen molar-refractivity contribution < 1.29 is 19.1 Å². The van der Waals surface area contributed by atoms with Crippen LogP contribution in [0.1, 0.15) is 253 Å². The van der Waals surface area contributed by atoms with Crippen molar-refractivity contribution >= 4 is 23.6 Å². The Morgan fingerprint density at radius 2 is 1.02 bits per heavy atom. The summed E-state index contributed by atoms with van der Waals surface area (Å²) in [6.07, 6.45) is 41.4. The highest BCUT2D eigenvalue weighted by Crippen LogP contribution is 2.17. The SMILES string of the molecule is CC.CCCCCCCC(C)COC(=O)CCCCCCCN(CCCCCCCC=O)CCCNc1c(NC)c(=O)c1=O.CCCCCCCCC(CCCCCCCC)OC. The first kappa shape index (κ1) is 62.8. The van der Waals surface area contributed by atoms with Gasteiger partial charge in [0.05, 0.1) is 12.7 Å². The molecule has 1 aromatic rings. The molecule has 0 saturated carbocycles. The highest BCUT2D eigenvalue weighted by atomic mass is 16.5. The van der Waals surface area contributed by atoms with Gasteiger partial charge in [-0.15, -0.1) is 0 Å². The molecule has 0 heterocycles. The van der Waals surface area contributed by atoms with E-state index in [1.165, 1.54) is 135 Å². The molecule has 372 valence electrons. The van der Waals surface area contributed by atoms with Crippen LogP contribution in [0.15, 0.2) is 9.59 Å². The highest BCUT2D eigenvalue weighted by molar-refractivity contribution is 5.73. The molecule has 1 rings (SSSR count). The number of hydrogen-bond acceptors (Lipinski definition) is 9. The van der Waals surface area contributed by atoms with Crippen molar-refractivity contribution in [3.05, 3.63) is 20.4 Å². The molecule has 1 aromatic carbocycles. The van der Waals surface area contributed by atoms with Crippen molar-refractivity contribution in [3.63, 3.8) is 0 Å². The van der Waals surface area contributed by atoms with Gasteiger partial charge in [-0.25, -0.2) is 0 Å². The molecule has 0 amide bonds. The van der Waals surface area contributed by atoms with E-state index in [1.54, 1.807) is 7.05 Å². The Bertz CT molecular complexity index is 1170. The number of ether oxygens (including phenoxy) is 2. The first-order valence-corrected chi connectivity index (χ1v) is 26.9. The number of carbonyl (C=O) groups excluding carboxylic acids is 2. The number of rotatable bonds is 45. The maximum Gasteiger partial charge on any atom is 0.305 e. The number of carbonyl (C=O) groups is 2. The Labute approximate surface area is 389 Å². The summed E-state index contributed by atoms with van der Waals surface area (Å²) in [5.74, 6) is 0.397. The minimum absolute atomic E-state index is 0.0515. The zero-order valence-corrected chi connectivity index (χ0v) is 43.0. The summed E-state index contributed by atoms with van der Waals surface area (Å²) in [6, 6.07) is 0. The lowest BCUT2D eigenvalue weighted by Crippen LogP contribution is -2.37. The third-order valence-corrected chi connectivity index (χ3v) is 12.2. The molecule has 9 nitrogen and oxygen atoms in total. The van der Waals surface area contributed by atoms with Gasteiger partial charge in [-0.05, 0) is 76.9 Å². The van der Waals surface area contributed by atoms with Crippen LogP contribution >= 0.6 is 0 Å². The lowest BCUT2D eigenvalue weighted by atomic mass is 10.0. The van der Waals surface area contributed by atoms with Crippen LogP contribution in [-0.4, -0.2) is 70.2 Å². The van der Waals surface area contributed by atoms with E-state index in [2.05, 4.69) is 43.2 Å². The Hall–Kier alpha value is -2.26. The number of unbranched alkanes of at least 4 members (excludes halogenated alkanes) is 23. The third-order valence-electron chi connectivity index (χ3n) is 12.2. The summed E-state index contributed by atoms with van der Waals surface area (Å²) in [4.78, 5) is 48.4. The van der Waals surface area contributed by atoms with Gasteiger partial charge in [-0.3, -0.25) is 14.4 Å². The molecule has 0 aliphatic carbocycles. The van der Waals surface area contributed by atoms with Crippen LogP contribution < -0.4 is 21.5 Å². The zero-order valence-electron chi connectivity index (χ0n) is 43.0. The molecule has 0 aliphatic heterocycles. The van der Waals surface area contributed by atoms with Crippen LogP contribution in [0.4, 0.5) is 11.4 Å². The normalized spacial score (nSPS) is 11.6. The van der Waals surface area contributed by atoms with Crippen molar-refractivity contribution in [1.29, 1.82) is 0 Å². The van der Waals surface area contributed by atoms with Gasteiger partial charge in [0.15, 0.2) is 0 Å². The predicted molar refractivity (Wildman–Crippen MR) is 274 cm³/mol. The highest BCUT2D eigenvalue weighted by Gasteiger charge is 2.19. The van der Waals surface area contributed by atoms with Gasteiger partial charge in [-0.1, -0.05) is 189 Å². The lowest BCUT2D eigenvalue weighted by Gasteiger charge is -2.23. The van der Waals surface area contributed by atoms with E-state index >= 15 is 0 Å². The fraction of sp³-hybridized carbons (Fsp3) is 0.889. The number of nitrogens with one attached hydrogen (secondary N) is 2. The molecule has 63 heavy (non-hydrogen) atoms. The van der Waals surface area contributed by atoms with E-state index in [0.29, 0.717) is 49.4 Å². The van der Waals surface area contributed by atoms with E-state index in [-0.39, 0.29) is 5.97 Å². The predicted octanol–water partition coefficient (Wildman–Crippen LogP) is 14.4. The van der Waals surface area contributed by atoms with Gasteiger partial charge in [0.1, 0.15) is 17.7 Å². The van der Waals surface area contributed by atoms with Crippen molar-refractivity contribution in [2.75, 3.05) is 57.6 Å². The molecule has 2 N–H and O–H groups in total. The second-order valence-corrected chi connectivity index (χ2v) is 18.0. The van der Waals surface area contributed by atoms with Gasteiger partial charge in [0, 0.05) is 33.5 Å². The number of anilines is 2. The summed E-state index contributed by atoms with van der Waals surface area (Å²) in [5, 5.41) is 5.94. The smallest absolute Gasteiger partial charge is 0.305 e. The average Bonchev–Trinajstić information content (AvgIpc) is 3.30. The third kappa shape index (κ3) is 38.7. The molecular formula is C54H105N3O6. The molecule has 1 atom stereocenters. The van der Waals surface area contributed by atoms with Gasteiger partial charge in [-0.2, -0.15) is 0 Å². The number of methoxy groups -OCH3 is 1. The number of nitrogens with zero attached hydrogens (tertiary/aromatic N) is 1. The quantitative estimate of drug-likeness (QED) is 0.0286. The van der Waals surface area contributed by atoms with Crippen molar-refractivity contribution in [1.82, 2.24) is 4.90 Å². The Balaban J connectivity index is 0. The topological polar surface area (TPSA) is 114 Å². The minimum Gasteiger partial charge on any atom is -0.465 e. The standard InChI is InChI=1S/C34H61N3O5.C18H38O.C2H6/c1-4-5-6-10-15-21-29(2)28-42-30(39)22-16-11-9-13-18-25-37(24-17-12-7-8-14-19-27-38)26-20-23-36-32-31(35-3)33(40)34(32)41;1-4-6-8-10-12-14-16-18(19-3)17-15-13-11-9-7-5-2;1-2/h27,29,35-36H,4-26,28H2,1-3H3;18H,4-17H2,1-3H3;1-2H3. The van der Waals surface area contributed by atoms with E-state index in [9.17, 15) is 19.2 Å². The van der Waals surface area contributed by atoms with Crippen LogP contribution in [0.2, 0.25) is 0 Å². The van der Waals surface area contributed by atoms with Gasteiger partial charge >= 0.3 is 5.97 Å². The number of esters is 1. The van der Waals surface area contributed by atoms with Crippen LogP contribution in [0, 0.1) is 5.92 Å². The molecule has 0 fully saturated rings. The van der Waals surface area contributed by atoms with Gasteiger partial charge in [0.25, 0.3) is 10.9 Å². The summed E-state index contributed by atoms with van der Waals surface area (Å²) >= 11 is 0. The molecule has 0 aliphatic rings. The summed E-state index contributed by atoms with van der Waals surface area (Å²) in [5.41, 5.74) is -0.0606. The van der Waals surface area contributed by atoms with Crippen molar-refractivity contribution in [3.8, 4) is 0 Å². The zero-order chi connectivity index (χ0) is 47.0. The first-order chi connectivity index (χ1) is 30.8. The van der Waals surface area contributed by atoms with Gasteiger partial charge in [0.2, 0.25) is 0 Å². The van der Waals surface area contributed by atoms with Crippen LogP contribution in [0.3, 0.4) is 0 Å². The fourth-order valence-corrected chi connectivity index (χ4v) is 8.05. The maximum absolute atomic E-state index is 12.1.